The Kier molecular flexibility index (Phi) is 2.91. The molecule has 1 aliphatic rings. The van der Waals surface area contributed by atoms with Gasteiger partial charge in [0.25, 0.3) is 0 Å². The van der Waals surface area contributed by atoms with Crippen molar-refractivity contribution in [2.24, 2.45) is 0 Å². The Morgan fingerprint density at radius 2 is 1.90 bits per heavy atom. The van der Waals surface area contributed by atoms with Crippen LogP contribution >= 0.6 is 0 Å². The Hall–Kier alpha value is -3.15. The molecule has 3 rings (SSSR count). The maximum absolute atomic E-state index is 12.1. The number of nitro benzene ring substituents is 1. The summed E-state index contributed by atoms with van der Waals surface area (Å²) in [6, 6.07) is 10.8. The number of Topliss-reactive ketones (excluding diaryl/α,β-unsaturated/α-hetero) is 1. The standard InChI is InChI=1S/C15H9NO5/c17-11-6-3-4-9(14(11)16(19)20)8-13-15(18)10-5-1-2-7-12(10)21-13/h1-8,17H/b13-8-. The van der Waals surface area contributed by atoms with Gasteiger partial charge in [-0.25, -0.2) is 0 Å². The molecule has 2 aromatic carbocycles. The Morgan fingerprint density at radius 3 is 2.62 bits per heavy atom. The average molecular weight is 283 g/mol. The van der Waals surface area contributed by atoms with E-state index in [2.05, 4.69) is 0 Å². The second kappa shape index (κ2) is 4.75. The number of hydrogen-bond donors (Lipinski definition) is 1. The van der Waals surface area contributed by atoms with Crippen LogP contribution in [0, 0.1) is 10.1 Å². The van der Waals surface area contributed by atoms with Gasteiger partial charge in [-0.2, -0.15) is 0 Å². The highest BCUT2D eigenvalue weighted by molar-refractivity contribution is 6.14. The molecule has 0 amide bonds. The van der Waals surface area contributed by atoms with Gasteiger partial charge in [0.15, 0.2) is 11.5 Å². The minimum absolute atomic E-state index is 0.00935. The fourth-order valence-electron chi connectivity index (χ4n) is 2.14. The number of rotatable bonds is 2. The molecular weight excluding hydrogens is 274 g/mol. The molecule has 0 spiro atoms. The molecule has 104 valence electrons. The number of aromatic hydroxyl groups is 1. The fraction of sp³-hybridized carbons (Fsp3) is 0. The molecule has 2 aromatic rings. The molecule has 6 nitrogen and oxygen atoms in total. The number of phenols is 1. The maximum Gasteiger partial charge on any atom is 0.317 e. The first-order valence-electron chi connectivity index (χ1n) is 6.07. The van der Waals surface area contributed by atoms with E-state index < -0.39 is 16.4 Å². The van der Waals surface area contributed by atoms with Crippen LogP contribution in [0.15, 0.2) is 48.2 Å². The first kappa shape index (κ1) is 12.9. The largest absolute Gasteiger partial charge is 0.502 e. The third-order valence-corrected chi connectivity index (χ3v) is 3.09. The Bertz CT molecular complexity index is 794. The molecule has 0 unspecified atom stereocenters. The summed E-state index contributed by atoms with van der Waals surface area (Å²) in [5.74, 6) is -0.401. The van der Waals surface area contributed by atoms with Crippen molar-refractivity contribution in [3.8, 4) is 11.5 Å². The van der Waals surface area contributed by atoms with Crippen molar-refractivity contribution < 1.29 is 19.6 Å². The predicted octanol–water partition coefficient (Wildman–Crippen LogP) is 2.92. The van der Waals surface area contributed by atoms with Crippen LogP contribution in [0.5, 0.6) is 11.5 Å². The summed E-state index contributed by atoms with van der Waals surface area (Å²) in [4.78, 5) is 22.4. The van der Waals surface area contributed by atoms with E-state index in [-0.39, 0.29) is 17.1 Å². The van der Waals surface area contributed by atoms with E-state index in [1.165, 1.54) is 24.3 Å². The molecule has 0 radical (unpaired) electrons. The van der Waals surface area contributed by atoms with Gasteiger partial charge in [0.1, 0.15) is 5.75 Å². The number of ether oxygens (including phenoxy) is 1. The van der Waals surface area contributed by atoms with Crippen molar-refractivity contribution in [3.05, 3.63) is 69.5 Å². The van der Waals surface area contributed by atoms with Crippen molar-refractivity contribution in [1.29, 1.82) is 0 Å². The van der Waals surface area contributed by atoms with Crippen LogP contribution in [-0.2, 0) is 0 Å². The number of nitro groups is 1. The van der Waals surface area contributed by atoms with E-state index in [1.807, 2.05) is 0 Å². The van der Waals surface area contributed by atoms with Crippen molar-refractivity contribution >= 4 is 17.5 Å². The predicted molar refractivity (Wildman–Crippen MR) is 74.1 cm³/mol. The third kappa shape index (κ3) is 2.12. The molecular formula is C15H9NO5. The summed E-state index contributed by atoms with van der Waals surface area (Å²) in [7, 11) is 0. The summed E-state index contributed by atoms with van der Waals surface area (Å²) in [6.45, 7) is 0. The highest BCUT2D eigenvalue weighted by Crippen LogP contribution is 2.35. The van der Waals surface area contributed by atoms with E-state index in [4.69, 9.17) is 4.74 Å². The first-order valence-corrected chi connectivity index (χ1v) is 6.07. The van der Waals surface area contributed by atoms with E-state index in [1.54, 1.807) is 24.3 Å². The van der Waals surface area contributed by atoms with Gasteiger partial charge >= 0.3 is 5.69 Å². The van der Waals surface area contributed by atoms with Crippen molar-refractivity contribution in [3.63, 3.8) is 0 Å². The SMILES string of the molecule is O=C1/C(=C/c2cccc(O)c2[N+](=O)[O-])Oc2ccccc21. The molecule has 1 aliphatic heterocycles. The molecule has 1 N–H and O–H groups in total. The summed E-state index contributed by atoms with van der Waals surface area (Å²) < 4.78 is 5.41. The van der Waals surface area contributed by atoms with Crippen molar-refractivity contribution in [2.45, 2.75) is 0 Å². The van der Waals surface area contributed by atoms with Gasteiger partial charge in [0, 0.05) is 0 Å². The second-order valence-electron chi connectivity index (χ2n) is 4.41. The average Bonchev–Trinajstić information content (AvgIpc) is 2.76. The number of para-hydroxylation sites is 2. The van der Waals surface area contributed by atoms with Crippen LogP contribution in [-0.4, -0.2) is 15.8 Å². The van der Waals surface area contributed by atoms with E-state index in [0.717, 1.165) is 0 Å². The monoisotopic (exact) mass is 283 g/mol. The number of phenolic OH excluding ortho intramolecular Hbond substituents is 1. The highest BCUT2D eigenvalue weighted by Gasteiger charge is 2.28. The number of carbonyl (C=O) groups excluding carboxylic acids is 1. The number of nitrogens with zero attached hydrogens (tertiary/aromatic N) is 1. The van der Waals surface area contributed by atoms with Gasteiger partial charge in [0.05, 0.1) is 16.1 Å². The highest BCUT2D eigenvalue weighted by atomic mass is 16.6. The van der Waals surface area contributed by atoms with Crippen LogP contribution in [0.4, 0.5) is 5.69 Å². The number of allylic oxidation sites excluding steroid dienone is 1. The molecule has 1 heterocycles. The van der Waals surface area contributed by atoms with E-state index >= 15 is 0 Å². The summed E-state index contributed by atoms with van der Waals surface area (Å²) in [5.41, 5.74) is 0.0556. The normalized spacial score (nSPS) is 14.9. The minimum Gasteiger partial charge on any atom is -0.502 e. The molecule has 0 aromatic heterocycles. The van der Waals surface area contributed by atoms with Gasteiger partial charge in [-0.05, 0) is 30.3 Å². The van der Waals surface area contributed by atoms with Gasteiger partial charge in [-0.3, -0.25) is 14.9 Å². The Morgan fingerprint density at radius 1 is 1.14 bits per heavy atom. The van der Waals surface area contributed by atoms with Crippen LogP contribution in [0.1, 0.15) is 15.9 Å². The summed E-state index contributed by atoms with van der Waals surface area (Å²) in [5, 5.41) is 20.6. The maximum atomic E-state index is 12.1. The lowest BCUT2D eigenvalue weighted by Gasteiger charge is -2.01. The summed E-state index contributed by atoms with van der Waals surface area (Å²) >= 11 is 0. The first-order chi connectivity index (χ1) is 10.1. The van der Waals surface area contributed by atoms with Gasteiger partial charge in [-0.15, -0.1) is 0 Å². The lowest BCUT2D eigenvalue weighted by Crippen LogP contribution is -1.99. The molecule has 0 atom stereocenters. The van der Waals surface area contributed by atoms with Crippen LogP contribution < -0.4 is 4.74 Å². The van der Waals surface area contributed by atoms with Gasteiger partial charge in [0.2, 0.25) is 5.78 Å². The molecule has 0 saturated heterocycles. The number of fused-ring (bicyclic) bond motifs is 1. The van der Waals surface area contributed by atoms with Crippen LogP contribution in [0.3, 0.4) is 0 Å². The van der Waals surface area contributed by atoms with Crippen LogP contribution in [0.25, 0.3) is 6.08 Å². The fourth-order valence-corrected chi connectivity index (χ4v) is 2.14. The quantitative estimate of drug-likeness (QED) is 0.520. The smallest absolute Gasteiger partial charge is 0.317 e. The van der Waals surface area contributed by atoms with Crippen molar-refractivity contribution in [2.75, 3.05) is 0 Å². The van der Waals surface area contributed by atoms with E-state index in [9.17, 15) is 20.0 Å². The second-order valence-corrected chi connectivity index (χ2v) is 4.41. The Balaban J connectivity index is 2.08. The Labute approximate surface area is 119 Å². The number of ketones is 1. The zero-order chi connectivity index (χ0) is 15.0. The number of hydrogen-bond acceptors (Lipinski definition) is 5. The zero-order valence-corrected chi connectivity index (χ0v) is 10.6. The molecule has 0 saturated carbocycles. The lowest BCUT2D eigenvalue weighted by atomic mass is 10.1. The molecule has 0 bridgehead atoms. The number of benzene rings is 2. The zero-order valence-electron chi connectivity index (χ0n) is 10.6. The summed E-state index contributed by atoms with van der Waals surface area (Å²) in [6.07, 6.45) is 1.26. The van der Waals surface area contributed by atoms with Crippen LogP contribution in [0.2, 0.25) is 0 Å². The van der Waals surface area contributed by atoms with E-state index in [0.29, 0.717) is 11.3 Å². The minimum atomic E-state index is -0.700. The molecule has 21 heavy (non-hydrogen) atoms. The van der Waals surface area contributed by atoms with Gasteiger partial charge in [-0.1, -0.05) is 18.2 Å². The third-order valence-electron chi connectivity index (χ3n) is 3.09. The molecule has 0 fully saturated rings. The lowest BCUT2D eigenvalue weighted by molar-refractivity contribution is -0.386. The van der Waals surface area contributed by atoms with Gasteiger partial charge < -0.3 is 9.84 Å². The van der Waals surface area contributed by atoms with Crippen molar-refractivity contribution in [1.82, 2.24) is 0 Å². The number of carbonyl (C=O) groups is 1. The molecule has 0 aliphatic carbocycles. The molecule has 6 heteroatoms. The topological polar surface area (TPSA) is 89.7 Å².